The fourth-order valence-electron chi connectivity index (χ4n) is 3.19. The summed E-state index contributed by atoms with van der Waals surface area (Å²) in [4.78, 5) is 4.61. The molecule has 0 aliphatic heterocycles. The van der Waals surface area contributed by atoms with Crippen LogP contribution in [0.5, 0.6) is 11.5 Å². The lowest BCUT2D eigenvalue weighted by Crippen LogP contribution is -1.98. The molecular weight excluding hydrogens is 366 g/mol. The minimum absolute atomic E-state index is 0.325. The Hall–Kier alpha value is -3.12. The highest BCUT2D eigenvalue weighted by Crippen LogP contribution is 2.29. The molecule has 0 aliphatic carbocycles. The Kier molecular flexibility index (Phi) is 6.67. The van der Waals surface area contributed by atoms with Crippen LogP contribution in [0.4, 0.5) is 0 Å². The number of ether oxygens (including phenoxy) is 1. The number of aryl methyl sites for hydroxylation is 2. The summed E-state index contributed by atoms with van der Waals surface area (Å²) >= 11 is 0. The van der Waals surface area contributed by atoms with Gasteiger partial charge in [-0.15, -0.1) is 0 Å². The van der Waals surface area contributed by atoms with Gasteiger partial charge in [0.15, 0.2) is 0 Å². The number of phenolic OH excluding ortho intramolecular Hbond substituents is 1. The van der Waals surface area contributed by atoms with Crippen molar-refractivity contribution in [2.75, 3.05) is 13.7 Å². The second-order valence-electron chi connectivity index (χ2n) is 7.07. The van der Waals surface area contributed by atoms with Gasteiger partial charge < -0.3 is 20.1 Å². The Labute approximate surface area is 171 Å². The Bertz CT molecular complexity index is 968. The topological polar surface area (TPSA) is 94.4 Å². The lowest BCUT2D eigenvalue weighted by atomic mass is 10.0. The van der Waals surface area contributed by atoms with Crippen molar-refractivity contribution in [2.24, 2.45) is 5.73 Å². The monoisotopic (exact) mass is 393 g/mol. The number of hydrogen-bond donors (Lipinski definition) is 2. The van der Waals surface area contributed by atoms with Crippen molar-refractivity contribution >= 4 is 11.6 Å². The van der Waals surface area contributed by atoms with E-state index in [1.165, 1.54) is 0 Å². The first-order valence-corrected chi connectivity index (χ1v) is 9.71. The molecule has 0 atom stereocenters. The van der Waals surface area contributed by atoms with Crippen molar-refractivity contribution < 1.29 is 14.4 Å². The van der Waals surface area contributed by atoms with Crippen LogP contribution in [0.2, 0.25) is 0 Å². The van der Waals surface area contributed by atoms with E-state index in [0.717, 1.165) is 52.8 Å². The van der Waals surface area contributed by atoms with E-state index < -0.39 is 0 Å². The van der Waals surface area contributed by atoms with E-state index >= 15 is 0 Å². The van der Waals surface area contributed by atoms with Crippen molar-refractivity contribution in [1.82, 2.24) is 10.1 Å². The van der Waals surface area contributed by atoms with Gasteiger partial charge in [0, 0.05) is 11.1 Å². The molecule has 6 heteroatoms. The summed E-state index contributed by atoms with van der Waals surface area (Å²) in [5.74, 6) is 2.13. The molecule has 2 aromatic carbocycles. The van der Waals surface area contributed by atoms with E-state index in [-0.39, 0.29) is 0 Å². The average Bonchev–Trinajstić information content (AvgIpc) is 3.21. The number of hydrogen-bond acceptors (Lipinski definition) is 6. The number of rotatable bonds is 8. The zero-order valence-corrected chi connectivity index (χ0v) is 17.1. The molecule has 3 rings (SSSR count). The van der Waals surface area contributed by atoms with Crippen LogP contribution in [0.3, 0.4) is 0 Å². The summed E-state index contributed by atoms with van der Waals surface area (Å²) in [6.07, 6.45) is 4.67. The van der Waals surface area contributed by atoms with Crippen molar-refractivity contribution in [2.45, 2.75) is 33.1 Å². The molecule has 0 bridgehead atoms. The lowest BCUT2D eigenvalue weighted by molar-refractivity contribution is 0.406. The summed E-state index contributed by atoms with van der Waals surface area (Å²) in [5.41, 5.74) is 10.1. The minimum Gasteiger partial charge on any atom is -0.507 e. The Morgan fingerprint density at radius 1 is 1.14 bits per heavy atom. The lowest BCUT2D eigenvalue weighted by Gasteiger charge is -2.07. The van der Waals surface area contributed by atoms with Crippen molar-refractivity contribution in [3.05, 3.63) is 59.0 Å². The number of aromatic nitrogens is 2. The maximum absolute atomic E-state index is 10.0. The second kappa shape index (κ2) is 9.39. The summed E-state index contributed by atoms with van der Waals surface area (Å²) < 4.78 is 10.8. The van der Waals surface area contributed by atoms with Crippen LogP contribution in [-0.4, -0.2) is 28.9 Å². The normalized spacial score (nSPS) is 11.7. The maximum Gasteiger partial charge on any atom is 0.254 e. The van der Waals surface area contributed by atoms with Crippen LogP contribution in [0.1, 0.15) is 41.8 Å². The zero-order valence-electron chi connectivity index (χ0n) is 17.1. The van der Waals surface area contributed by atoms with E-state index in [1.54, 1.807) is 7.11 Å². The largest absolute Gasteiger partial charge is 0.507 e. The van der Waals surface area contributed by atoms with Crippen LogP contribution in [0.15, 0.2) is 40.9 Å². The molecule has 152 valence electrons. The SMILES string of the molecule is COc1ccc(-c2noc(/C(=C/c3cc(C)c(O)c(C)c3)CCCCN)n2)cc1. The Morgan fingerprint density at radius 3 is 2.45 bits per heavy atom. The fourth-order valence-corrected chi connectivity index (χ4v) is 3.19. The summed E-state index contributed by atoms with van der Waals surface area (Å²) in [6, 6.07) is 11.4. The number of methoxy groups -OCH3 is 1. The first kappa shape index (κ1) is 20.6. The van der Waals surface area contributed by atoms with Crippen LogP contribution < -0.4 is 10.5 Å². The fraction of sp³-hybridized carbons (Fsp3) is 0.304. The molecule has 6 nitrogen and oxygen atoms in total. The molecule has 0 unspecified atom stereocenters. The molecule has 0 saturated carbocycles. The third-order valence-electron chi connectivity index (χ3n) is 4.80. The number of benzene rings is 2. The van der Waals surface area contributed by atoms with E-state index in [4.69, 9.17) is 15.0 Å². The summed E-state index contributed by atoms with van der Waals surface area (Å²) in [6.45, 7) is 4.43. The molecule has 0 radical (unpaired) electrons. The number of aromatic hydroxyl groups is 1. The molecule has 0 saturated heterocycles. The Morgan fingerprint density at radius 2 is 1.83 bits per heavy atom. The van der Waals surface area contributed by atoms with Crippen molar-refractivity contribution in [1.29, 1.82) is 0 Å². The first-order valence-electron chi connectivity index (χ1n) is 9.71. The molecule has 0 spiro atoms. The first-order chi connectivity index (χ1) is 14.0. The van der Waals surface area contributed by atoms with Gasteiger partial charge >= 0.3 is 0 Å². The molecule has 3 N–H and O–H groups in total. The van der Waals surface area contributed by atoms with E-state index in [9.17, 15) is 5.11 Å². The second-order valence-corrected chi connectivity index (χ2v) is 7.07. The van der Waals surface area contributed by atoms with Gasteiger partial charge in [-0.3, -0.25) is 0 Å². The van der Waals surface area contributed by atoms with Gasteiger partial charge in [0.1, 0.15) is 11.5 Å². The highest BCUT2D eigenvalue weighted by atomic mass is 16.5. The quantitative estimate of drug-likeness (QED) is 0.537. The van der Waals surface area contributed by atoms with Crippen LogP contribution in [-0.2, 0) is 0 Å². The highest BCUT2D eigenvalue weighted by molar-refractivity contribution is 5.79. The maximum atomic E-state index is 10.0. The van der Waals surface area contributed by atoms with Gasteiger partial charge in [0.05, 0.1) is 7.11 Å². The van der Waals surface area contributed by atoms with E-state index in [1.807, 2.05) is 56.3 Å². The molecule has 0 amide bonds. The molecule has 1 heterocycles. The number of unbranched alkanes of at least 4 members (excludes halogenated alkanes) is 1. The number of allylic oxidation sites excluding steroid dienone is 1. The Balaban J connectivity index is 1.93. The van der Waals surface area contributed by atoms with Gasteiger partial charge in [0.2, 0.25) is 5.82 Å². The number of nitrogens with two attached hydrogens (primary N) is 1. The molecule has 29 heavy (non-hydrogen) atoms. The minimum atomic E-state index is 0.325. The summed E-state index contributed by atoms with van der Waals surface area (Å²) in [5, 5.41) is 14.2. The highest BCUT2D eigenvalue weighted by Gasteiger charge is 2.14. The van der Waals surface area contributed by atoms with Gasteiger partial charge in [-0.1, -0.05) is 5.16 Å². The average molecular weight is 393 g/mol. The molecule has 3 aromatic rings. The molecule has 0 fully saturated rings. The smallest absolute Gasteiger partial charge is 0.254 e. The third kappa shape index (κ3) is 5.03. The zero-order chi connectivity index (χ0) is 20.8. The molecular formula is C23H27N3O3. The van der Waals surface area contributed by atoms with Gasteiger partial charge in [-0.2, -0.15) is 4.98 Å². The van der Waals surface area contributed by atoms with Crippen LogP contribution in [0.25, 0.3) is 23.0 Å². The van der Waals surface area contributed by atoms with Gasteiger partial charge in [-0.25, -0.2) is 0 Å². The van der Waals surface area contributed by atoms with Crippen LogP contribution in [0, 0.1) is 13.8 Å². The van der Waals surface area contributed by atoms with E-state index in [2.05, 4.69) is 10.1 Å². The van der Waals surface area contributed by atoms with Crippen molar-refractivity contribution in [3.63, 3.8) is 0 Å². The van der Waals surface area contributed by atoms with Crippen molar-refractivity contribution in [3.8, 4) is 22.9 Å². The van der Waals surface area contributed by atoms with E-state index in [0.29, 0.717) is 24.0 Å². The number of nitrogens with zero attached hydrogens (tertiary/aromatic N) is 2. The molecule has 0 aliphatic rings. The van der Waals surface area contributed by atoms with Gasteiger partial charge in [0.25, 0.3) is 5.89 Å². The molecule has 1 aromatic heterocycles. The predicted octanol–water partition coefficient (Wildman–Crippen LogP) is 4.74. The summed E-state index contributed by atoms with van der Waals surface area (Å²) in [7, 11) is 1.63. The predicted molar refractivity (Wildman–Crippen MR) is 115 cm³/mol. The van der Waals surface area contributed by atoms with Gasteiger partial charge in [-0.05, 0) is 98.8 Å². The third-order valence-corrected chi connectivity index (χ3v) is 4.80. The standard InChI is InChI=1S/C23H27N3O3/c1-15-12-17(13-16(2)21(15)27)14-19(6-4-5-11-24)23-25-22(26-29-23)18-7-9-20(28-3)10-8-18/h7-10,12-14,27H,4-6,11,24H2,1-3H3/b19-14+. The van der Waals surface area contributed by atoms with Crippen LogP contribution >= 0.6 is 0 Å². The number of phenols is 1.